The van der Waals surface area contributed by atoms with Gasteiger partial charge >= 0.3 is 0 Å². The minimum Gasteiger partial charge on any atom is -0.369 e. The summed E-state index contributed by atoms with van der Waals surface area (Å²) in [5, 5.41) is 4.19. The number of pyridine rings is 2. The number of fused-ring (bicyclic) bond motifs is 3. The van der Waals surface area contributed by atoms with Crippen LogP contribution >= 0.6 is 27.5 Å². The van der Waals surface area contributed by atoms with E-state index in [0.717, 1.165) is 40.3 Å². The average molecular weight is 337 g/mol. The molecule has 19 heavy (non-hydrogen) atoms. The van der Waals surface area contributed by atoms with Crippen molar-refractivity contribution in [3.05, 3.63) is 50.8 Å². The molecule has 1 unspecified atom stereocenters. The highest BCUT2D eigenvalue weighted by molar-refractivity contribution is 9.10. The van der Waals surface area contributed by atoms with Crippen LogP contribution in [-0.2, 0) is 18.3 Å². The molecule has 0 radical (unpaired) electrons. The topological polar surface area (TPSA) is 37.8 Å². The number of anilines is 1. The van der Waals surface area contributed by atoms with Crippen LogP contribution in [0.4, 0.5) is 5.82 Å². The average Bonchev–Trinajstić information content (AvgIpc) is 2.95. The van der Waals surface area contributed by atoms with Crippen LogP contribution < -0.4 is 5.32 Å². The molecule has 3 heterocycles. The number of hydrogen-bond acceptors (Lipinski definition) is 3. The van der Waals surface area contributed by atoms with Gasteiger partial charge in [-0.3, -0.25) is 4.98 Å². The third kappa shape index (κ3) is 1.56. The molecule has 96 valence electrons. The highest BCUT2D eigenvalue weighted by atomic mass is 79.9. The van der Waals surface area contributed by atoms with Crippen molar-refractivity contribution in [2.45, 2.75) is 18.3 Å². The number of aromatic nitrogens is 2. The van der Waals surface area contributed by atoms with Gasteiger partial charge in [-0.2, -0.15) is 0 Å². The molecular weight excluding hydrogens is 326 g/mol. The highest BCUT2D eigenvalue weighted by Crippen LogP contribution is 2.49. The van der Waals surface area contributed by atoms with E-state index in [9.17, 15) is 0 Å². The first-order valence-corrected chi connectivity index (χ1v) is 7.37. The van der Waals surface area contributed by atoms with E-state index in [1.807, 2.05) is 12.4 Å². The fourth-order valence-electron chi connectivity index (χ4n) is 3.31. The lowest BCUT2D eigenvalue weighted by atomic mass is 9.80. The largest absolute Gasteiger partial charge is 0.369 e. The molecule has 0 saturated heterocycles. The fraction of sp³-hybridized carbons (Fsp3) is 0.286. The fourth-order valence-corrected chi connectivity index (χ4v) is 3.95. The summed E-state index contributed by atoms with van der Waals surface area (Å²) in [5.74, 6) is 0.925. The minimum absolute atomic E-state index is 0.0363. The summed E-state index contributed by atoms with van der Waals surface area (Å²) in [7, 11) is 0. The van der Waals surface area contributed by atoms with Gasteiger partial charge in [0.25, 0.3) is 0 Å². The molecule has 2 aromatic rings. The Balaban J connectivity index is 1.89. The number of nitrogens with one attached hydrogen (secondary N) is 1. The third-order valence-electron chi connectivity index (χ3n) is 4.16. The molecule has 3 nitrogen and oxygen atoms in total. The molecule has 0 saturated carbocycles. The van der Waals surface area contributed by atoms with Gasteiger partial charge in [0.15, 0.2) is 0 Å². The number of hydrogen-bond donors (Lipinski definition) is 1. The first-order valence-electron chi connectivity index (χ1n) is 6.20. The Kier molecular flexibility index (Phi) is 2.42. The second-order valence-corrected chi connectivity index (χ2v) is 6.51. The van der Waals surface area contributed by atoms with E-state index in [4.69, 9.17) is 11.6 Å². The third-order valence-corrected chi connectivity index (χ3v) is 5.38. The molecule has 5 heteroatoms. The van der Waals surface area contributed by atoms with Crippen LogP contribution in [0, 0.1) is 0 Å². The Bertz CT molecular complexity index is 661. The van der Waals surface area contributed by atoms with Crippen molar-refractivity contribution in [2.75, 3.05) is 11.9 Å². The predicted octanol–water partition coefficient (Wildman–Crippen LogP) is 3.35. The summed E-state index contributed by atoms with van der Waals surface area (Å²) in [5.41, 5.74) is 3.89. The van der Waals surface area contributed by atoms with Crippen molar-refractivity contribution in [1.82, 2.24) is 9.97 Å². The van der Waals surface area contributed by atoms with Crippen LogP contribution in [0.25, 0.3) is 0 Å². The summed E-state index contributed by atoms with van der Waals surface area (Å²) in [6.07, 6.45) is 7.58. The normalized spacial score (nSPS) is 23.3. The Morgan fingerprint density at radius 1 is 1.26 bits per heavy atom. The Morgan fingerprint density at radius 3 is 2.95 bits per heavy atom. The Hall–Kier alpha value is -1.13. The van der Waals surface area contributed by atoms with Gasteiger partial charge in [0.05, 0.1) is 9.50 Å². The summed E-state index contributed by atoms with van der Waals surface area (Å²) >= 11 is 9.99. The number of halogens is 2. The van der Waals surface area contributed by atoms with E-state index in [1.165, 1.54) is 11.1 Å². The summed E-state index contributed by atoms with van der Waals surface area (Å²) in [4.78, 5) is 8.67. The van der Waals surface area contributed by atoms with Gasteiger partial charge in [-0.15, -0.1) is 0 Å². The molecule has 1 atom stereocenters. The van der Waals surface area contributed by atoms with Gasteiger partial charge < -0.3 is 5.32 Å². The zero-order chi connectivity index (χ0) is 13.0. The maximum Gasteiger partial charge on any atom is 0.131 e. The lowest BCUT2D eigenvalue weighted by Gasteiger charge is -2.23. The predicted molar refractivity (Wildman–Crippen MR) is 78.8 cm³/mol. The van der Waals surface area contributed by atoms with Crippen LogP contribution in [0.1, 0.15) is 16.7 Å². The highest BCUT2D eigenvalue weighted by Gasteiger charge is 2.46. The molecule has 1 spiro atoms. The molecule has 1 aliphatic heterocycles. The first kappa shape index (κ1) is 11.7. The van der Waals surface area contributed by atoms with E-state index in [-0.39, 0.29) is 5.41 Å². The van der Waals surface area contributed by atoms with Gasteiger partial charge in [-0.1, -0.05) is 11.6 Å². The number of nitrogens with zero attached hydrogens (tertiary/aromatic N) is 2. The van der Waals surface area contributed by atoms with Gasteiger partial charge in [0, 0.05) is 36.1 Å². The van der Waals surface area contributed by atoms with Crippen LogP contribution in [0.2, 0.25) is 5.02 Å². The van der Waals surface area contributed by atoms with Crippen molar-refractivity contribution < 1.29 is 0 Å². The summed E-state index contributed by atoms with van der Waals surface area (Å²) < 4.78 is 0.866. The van der Waals surface area contributed by atoms with Crippen molar-refractivity contribution in [3.8, 4) is 0 Å². The van der Waals surface area contributed by atoms with E-state index in [0.29, 0.717) is 0 Å². The lowest BCUT2D eigenvalue weighted by Crippen LogP contribution is -2.29. The Morgan fingerprint density at radius 2 is 2.11 bits per heavy atom. The second kappa shape index (κ2) is 3.93. The molecule has 4 rings (SSSR count). The SMILES string of the molecule is Clc1c(Br)cnc2c1C1(CN2)Cc2ccncc2C1. The molecular formula is C14H11BrClN3. The van der Waals surface area contributed by atoms with E-state index < -0.39 is 0 Å². The molecule has 2 aromatic heterocycles. The van der Waals surface area contributed by atoms with E-state index in [2.05, 4.69) is 37.3 Å². The van der Waals surface area contributed by atoms with E-state index in [1.54, 1.807) is 6.20 Å². The maximum atomic E-state index is 6.51. The van der Waals surface area contributed by atoms with Crippen molar-refractivity contribution >= 4 is 33.3 Å². The lowest BCUT2D eigenvalue weighted by molar-refractivity contribution is 0.501. The smallest absolute Gasteiger partial charge is 0.131 e. The van der Waals surface area contributed by atoms with Crippen LogP contribution in [0.5, 0.6) is 0 Å². The summed E-state index contributed by atoms with van der Waals surface area (Å²) in [6, 6.07) is 2.11. The van der Waals surface area contributed by atoms with Gasteiger partial charge in [-0.25, -0.2) is 4.98 Å². The molecule has 0 fully saturated rings. The van der Waals surface area contributed by atoms with Crippen molar-refractivity contribution in [1.29, 1.82) is 0 Å². The zero-order valence-corrected chi connectivity index (χ0v) is 12.4. The molecule has 1 N–H and O–H groups in total. The van der Waals surface area contributed by atoms with E-state index >= 15 is 0 Å². The molecule has 0 aromatic carbocycles. The molecule has 0 amide bonds. The molecule has 2 aliphatic rings. The monoisotopic (exact) mass is 335 g/mol. The quantitative estimate of drug-likeness (QED) is 0.801. The van der Waals surface area contributed by atoms with Crippen LogP contribution in [-0.4, -0.2) is 16.5 Å². The number of rotatable bonds is 0. The Labute approximate surface area is 124 Å². The van der Waals surface area contributed by atoms with Crippen molar-refractivity contribution in [3.63, 3.8) is 0 Å². The van der Waals surface area contributed by atoms with Crippen molar-refractivity contribution in [2.24, 2.45) is 0 Å². The van der Waals surface area contributed by atoms with Gasteiger partial charge in [-0.05, 0) is 46.0 Å². The molecule has 0 bridgehead atoms. The summed E-state index contributed by atoms with van der Waals surface area (Å²) in [6.45, 7) is 0.889. The van der Waals surface area contributed by atoms with Crippen LogP contribution in [0.3, 0.4) is 0 Å². The maximum absolute atomic E-state index is 6.51. The van der Waals surface area contributed by atoms with Gasteiger partial charge in [0.1, 0.15) is 5.82 Å². The zero-order valence-electron chi connectivity index (χ0n) is 10.1. The standard InChI is InChI=1S/C14H11BrClN3/c15-10-6-18-13-11(12(10)16)14(7-19-13)3-8-1-2-17-5-9(8)4-14/h1-2,5-6H,3-4,7H2,(H,18,19). The van der Waals surface area contributed by atoms with Crippen LogP contribution in [0.15, 0.2) is 29.1 Å². The minimum atomic E-state index is 0.0363. The van der Waals surface area contributed by atoms with Gasteiger partial charge in [0.2, 0.25) is 0 Å². The first-order chi connectivity index (χ1) is 9.20. The second-order valence-electron chi connectivity index (χ2n) is 5.28. The molecule has 1 aliphatic carbocycles.